The molecule has 0 bridgehead atoms. The summed E-state index contributed by atoms with van der Waals surface area (Å²) in [7, 11) is 0. The first-order valence-electron chi connectivity index (χ1n) is 7.04. The molecule has 19 heavy (non-hydrogen) atoms. The minimum Gasteiger partial charge on any atom is -0.352 e. The van der Waals surface area contributed by atoms with Crippen molar-refractivity contribution >= 4 is 5.91 Å². The van der Waals surface area contributed by atoms with Crippen LogP contribution in [0.15, 0.2) is 35.9 Å². The fourth-order valence-corrected chi connectivity index (χ4v) is 2.36. The molecule has 0 unspecified atom stereocenters. The molecule has 1 aliphatic rings. The van der Waals surface area contributed by atoms with Crippen LogP contribution in [0.3, 0.4) is 0 Å². The first-order chi connectivity index (χ1) is 9.29. The summed E-state index contributed by atoms with van der Waals surface area (Å²) in [6.07, 6.45) is 8.30. The number of nitrogens with two attached hydrogens (primary N) is 1. The van der Waals surface area contributed by atoms with Gasteiger partial charge in [0.05, 0.1) is 0 Å². The Morgan fingerprint density at radius 2 is 2.00 bits per heavy atom. The third kappa shape index (κ3) is 4.21. The van der Waals surface area contributed by atoms with Gasteiger partial charge in [-0.1, -0.05) is 23.8 Å². The molecule has 102 valence electrons. The first kappa shape index (κ1) is 13.8. The van der Waals surface area contributed by atoms with Crippen LogP contribution >= 0.6 is 0 Å². The smallest absolute Gasteiger partial charge is 0.251 e. The fraction of sp³-hybridized carbons (Fsp3) is 0.438. The van der Waals surface area contributed by atoms with E-state index in [1.807, 2.05) is 24.3 Å². The van der Waals surface area contributed by atoms with Crippen molar-refractivity contribution in [3.05, 3.63) is 47.0 Å². The Bertz CT molecular complexity index is 448. The van der Waals surface area contributed by atoms with Gasteiger partial charge in [0, 0.05) is 18.7 Å². The third-order valence-electron chi connectivity index (χ3n) is 3.57. The summed E-state index contributed by atoms with van der Waals surface area (Å²) in [6.45, 7) is 1.24. The van der Waals surface area contributed by atoms with Crippen LogP contribution in [0, 0.1) is 0 Å². The van der Waals surface area contributed by atoms with Gasteiger partial charge in [-0.3, -0.25) is 4.79 Å². The zero-order valence-corrected chi connectivity index (χ0v) is 11.3. The molecule has 0 atom stereocenters. The Kier molecular flexibility index (Phi) is 5.16. The van der Waals surface area contributed by atoms with Crippen molar-refractivity contribution in [2.24, 2.45) is 5.73 Å². The van der Waals surface area contributed by atoms with Crippen molar-refractivity contribution in [1.29, 1.82) is 0 Å². The van der Waals surface area contributed by atoms with Crippen molar-refractivity contribution in [2.75, 3.05) is 6.54 Å². The van der Waals surface area contributed by atoms with Gasteiger partial charge in [0.1, 0.15) is 0 Å². The van der Waals surface area contributed by atoms with Gasteiger partial charge in [0.2, 0.25) is 0 Å². The molecule has 0 aliphatic heterocycles. The Morgan fingerprint density at radius 3 is 2.63 bits per heavy atom. The molecule has 0 aromatic heterocycles. The number of hydrogen-bond donors (Lipinski definition) is 2. The molecule has 0 heterocycles. The number of rotatable bonds is 5. The molecule has 3 heteroatoms. The van der Waals surface area contributed by atoms with Gasteiger partial charge in [-0.25, -0.2) is 0 Å². The highest BCUT2D eigenvalue weighted by Gasteiger charge is 2.06. The van der Waals surface area contributed by atoms with E-state index in [2.05, 4.69) is 11.4 Å². The molecule has 1 amide bonds. The standard InChI is InChI=1S/C16H22N2O/c17-12-14-6-8-15(9-7-14)16(19)18-11-10-13-4-2-1-3-5-13/h4,6-9H,1-3,5,10-12,17H2,(H,18,19). The van der Waals surface area contributed by atoms with Crippen molar-refractivity contribution in [3.8, 4) is 0 Å². The van der Waals surface area contributed by atoms with E-state index >= 15 is 0 Å². The summed E-state index contributed by atoms with van der Waals surface area (Å²) < 4.78 is 0. The summed E-state index contributed by atoms with van der Waals surface area (Å²) in [5, 5.41) is 2.97. The summed E-state index contributed by atoms with van der Waals surface area (Å²) in [4.78, 5) is 11.9. The van der Waals surface area contributed by atoms with Gasteiger partial charge in [0.15, 0.2) is 0 Å². The van der Waals surface area contributed by atoms with E-state index in [1.165, 1.54) is 31.3 Å². The first-order valence-corrected chi connectivity index (χ1v) is 7.04. The monoisotopic (exact) mass is 258 g/mol. The molecule has 1 aliphatic carbocycles. The minimum atomic E-state index is -0.0000177. The molecule has 3 N–H and O–H groups in total. The highest BCUT2D eigenvalue weighted by Crippen LogP contribution is 2.19. The predicted octanol–water partition coefficient (Wildman–Crippen LogP) is 2.77. The molecule has 1 aromatic carbocycles. The number of nitrogens with one attached hydrogen (secondary N) is 1. The van der Waals surface area contributed by atoms with E-state index in [4.69, 9.17) is 5.73 Å². The Labute approximate surface area is 114 Å². The second-order valence-electron chi connectivity index (χ2n) is 5.02. The SMILES string of the molecule is NCc1ccc(C(=O)NCCC2=CCCCC2)cc1. The summed E-state index contributed by atoms with van der Waals surface area (Å²) in [5.41, 5.74) is 8.77. The molecule has 0 saturated carbocycles. The summed E-state index contributed by atoms with van der Waals surface area (Å²) in [5.74, 6) is -0.0000177. The highest BCUT2D eigenvalue weighted by molar-refractivity contribution is 5.94. The van der Waals surface area contributed by atoms with Crippen molar-refractivity contribution in [3.63, 3.8) is 0 Å². The maximum Gasteiger partial charge on any atom is 0.251 e. The van der Waals surface area contributed by atoms with Crippen molar-refractivity contribution in [2.45, 2.75) is 38.6 Å². The lowest BCUT2D eigenvalue weighted by atomic mass is 9.97. The summed E-state index contributed by atoms with van der Waals surface area (Å²) >= 11 is 0. The van der Waals surface area contributed by atoms with Gasteiger partial charge in [-0.15, -0.1) is 0 Å². The van der Waals surface area contributed by atoms with Gasteiger partial charge in [0.25, 0.3) is 5.91 Å². The molecule has 3 nitrogen and oxygen atoms in total. The molecule has 0 saturated heterocycles. The van der Waals surface area contributed by atoms with Crippen LogP contribution in [0.4, 0.5) is 0 Å². The zero-order chi connectivity index (χ0) is 13.5. The number of carbonyl (C=O) groups excluding carboxylic acids is 1. The minimum absolute atomic E-state index is 0.0000177. The Morgan fingerprint density at radius 1 is 1.21 bits per heavy atom. The fourth-order valence-electron chi connectivity index (χ4n) is 2.36. The second-order valence-corrected chi connectivity index (χ2v) is 5.02. The average molecular weight is 258 g/mol. The molecular formula is C16H22N2O. The number of allylic oxidation sites excluding steroid dienone is 1. The van der Waals surface area contributed by atoms with Crippen LogP contribution in [0.5, 0.6) is 0 Å². The van der Waals surface area contributed by atoms with Crippen molar-refractivity contribution in [1.82, 2.24) is 5.32 Å². The van der Waals surface area contributed by atoms with Crippen LogP contribution in [-0.2, 0) is 6.54 Å². The van der Waals surface area contributed by atoms with Crippen molar-refractivity contribution < 1.29 is 4.79 Å². The van der Waals surface area contributed by atoms with E-state index in [-0.39, 0.29) is 5.91 Å². The maximum absolute atomic E-state index is 11.9. The molecule has 1 aromatic rings. The van der Waals surface area contributed by atoms with Crippen LogP contribution in [0.25, 0.3) is 0 Å². The summed E-state index contributed by atoms with van der Waals surface area (Å²) in [6, 6.07) is 7.46. The quantitative estimate of drug-likeness (QED) is 0.798. The van der Waals surface area contributed by atoms with E-state index < -0.39 is 0 Å². The topological polar surface area (TPSA) is 55.1 Å². The largest absolute Gasteiger partial charge is 0.352 e. The number of amides is 1. The lowest BCUT2D eigenvalue weighted by molar-refractivity contribution is 0.0954. The normalized spacial score (nSPS) is 14.9. The predicted molar refractivity (Wildman–Crippen MR) is 77.8 cm³/mol. The van der Waals surface area contributed by atoms with E-state index in [0.29, 0.717) is 12.1 Å². The third-order valence-corrected chi connectivity index (χ3v) is 3.57. The second kappa shape index (κ2) is 7.10. The molecule has 2 rings (SSSR count). The number of carbonyl (C=O) groups is 1. The van der Waals surface area contributed by atoms with Crippen LogP contribution in [-0.4, -0.2) is 12.5 Å². The highest BCUT2D eigenvalue weighted by atomic mass is 16.1. The Hall–Kier alpha value is -1.61. The van der Waals surface area contributed by atoms with Crippen LogP contribution in [0.2, 0.25) is 0 Å². The number of hydrogen-bond acceptors (Lipinski definition) is 2. The lowest BCUT2D eigenvalue weighted by Crippen LogP contribution is -2.24. The zero-order valence-electron chi connectivity index (χ0n) is 11.3. The molecular weight excluding hydrogens is 236 g/mol. The molecule has 0 radical (unpaired) electrons. The van der Waals surface area contributed by atoms with E-state index in [0.717, 1.165) is 18.5 Å². The van der Waals surface area contributed by atoms with Gasteiger partial charge >= 0.3 is 0 Å². The van der Waals surface area contributed by atoms with Gasteiger partial charge in [-0.2, -0.15) is 0 Å². The van der Waals surface area contributed by atoms with E-state index in [1.54, 1.807) is 0 Å². The van der Waals surface area contributed by atoms with Gasteiger partial charge in [-0.05, 0) is 49.8 Å². The Balaban J connectivity index is 1.78. The lowest BCUT2D eigenvalue weighted by Gasteiger charge is -2.13. The molecule has 0 fully saturated rings. The van der Waals surface area contributed by atoms with Gasteiger partial charge < -0.3 is 11.1 Å². The number of benzene rings is 1. The molecule has 0 spiro atoms. The maximum atomic E-state index is 11.9. The average Bonchev–Trinajstić information content (AvgIpc) is 2.48. The van der Waals surface area contributed by atoms with E-state index in [9.17, 15) is 4.79 Å². The van der Waals surface area contributed by atoms with Crippen LogP contribution in [0.1, 0.15) is 48.0 Å². The van der Waals surface area contributed by atoms with Crippen LogP contribution < -0.4 is 11.1 Å².